The topological polar surface area (TPSA) is 51.8 Å². The molecule has 0 aliphatic carbocycles. The first-order chi connectivity index (χ1) is 12.2. The molecular weight excluding hydrogens is 336 g/mol. The Hall–Kier alpha value is -2.73. The monoisotopic (exact) mass is 356 g/mol. The predicted molar refractivity (Wildman–Crippen MR) is 102 cm³/mol. The molecule has 5 nitrogen and oxygen atoms in total. The lowest BCUT2D eigenvalue weighted by Crippen LogP contribution is -2.40. The molecular formula is C19H20N2O3S. The SMILES string of the molecule is COc1cc([C@H]2C=C(c3ccccc3)NC(=S)N2)cc(OC)c1OC. The Bertz CT molecular complexity index is 781. The fourth-order valence-corrected chi connectivity index (χ4v) is 3.03. The molecule has 3 rings (SSSR count). The molecule has 0 saturated heterocycles. The summed E-state index contributed by atoms with van der Waals surface area (Å²) in [5, 5.41) is 7.04. The van der Waals surface area contributed by atoms with Gasteiger partial charge in [0, 0.05) is 5.70 Å². The molecule has 0 aromatic heterocycles. The van der Waals surface area contributed by atoms with Crippen molar-refractivity contribution in [3.05, 3.63) is 59.7 Å². The van der Waals surface area contributed by atoms with Gasteiger partial charge in [-0.3, -0.25) is 0 Å². The van der Waals surface area contributed by atoms with Crippen LogP contribution in [-0.2, 0) is 0 Å². The highest BCUT2D eigenvalue weighted by Gasteiger charge is 2.22. The maximum atomic E-state index is 5.45. The van der Waals surface area contributed by atoms with Gasteiger partial charge < -0.3 is 24.8 Å². The zero-order chi connectivity index (χ0) is 17.8. The Morgan fingerprint density at radius 1 is 0.920 bits per heavy atom. The van der Waals surface area contributed by atoms with Gasteiger partial charge in [0.05, 0.1) is 27.4 Å². The zero-order valence-corrected chi connectivity index (χ0v) is 15.1. The highest BCUT2D eigenvalue weighted by Crippen LogP contribution is 2.40. The van der Waals surface area contributed by atoms with Crippen molar-refractivity contribution in [1.29, 1.82) is 0 Å². The second-order valence-electron chi connectivity index (χ2n) is 5.48. The molecule has 6 heteroatoms. The summed E-state index contributed by atoms with van der Waals surface area (Å²) in [4.78, 5) is 0. The third kappa shape index (κ3) is 3.53. The molecule has 130 valence electrons. The first kappa shape index (κ1) is 17.1. The van der Waals surface area contributed by atoms with E-state index < -0.39 is 0 Å². The summed E-state index contributed by atoms with van der Waals surface area (Å²) < 4.78 is 16.3. The summed E-state index contributed by atoms with van der Waals surface area (Å²) in [6.07, 6.45) is 2.09. The van der Waals surface area contributed by atoms with Crippen LogP contribution in [0.4, 0.5) is 0 Å². The lowest BCUT2D eigenvalue weighted by molar-refractivity contribution is 0.323. The van der Waals surface area contributed by atoms with E-state index >= 15 is 0 Å². The number of hydrogen-bond donors (Lipinski definition) is 2. The standard InChI is InChI=1S/C19H20N2O3S/c1-22-16-9-13(10-17(23-2)18(16)24-3)15-11-14(20-19(25)21-15)12-7-5-4-6-8-12/h4-11,15H,1-3H3,(H2,20,21,25)/t15-/m1/s1. The smallest absolute Gasteiger partial charge is 0.203 e. The highest BCUT2D eigenvalue weighted by molar-refractivity contribution is 7.80. The minimum atomic E-state index is -0.113. The molecule has 1 aliphatic heterocycles. The Morgan fingerprint density at radius 3 is 2.12 bits per heavy atom. The van der Waals surface area contributed by atoms with Crippen LogP contribution in [0.25, 0.3) is 5.70 Å². The largest absolute Gasteiger partial charge is 0.493 e. The molecule has 1 aliphatic rings. The van der Waals surface area contributed by atoms with E-state index in [2.05, 4.69) is 16.7 Å². The van der Waals surface area contributed by atoms with Crippen molar-refractivity contribution in [2.24, 2.45) is 0 Å². The zero-order valence-electron chi connectivity index (χ0n) is 14.3. The highest BCUT2D eigenvalue weighted by atomic mass is 32.1. The molecule has 0 unspecified atom stereocenters. The predicted octanol–water partition coefficient (Wildman–Crippen LogP) is 3.27. The Morgan fingerprint density at radius 2 is 1.56 bits per heavy atom. The first-order valence-electron chi connectivity index (χ1n) is 7.81. The van der Waals surface area contributed by atoms with Crippen molar-refractivity contribution in [3.8, 4) is 17.2 Å². The van der Waals surface area contributed by atoms with Crippen molar-refractivity contribution in [1.82, 2.24) is 10.6 Å². The van der Waals surface area contributed by atoms with Crippen LogP contribution in [-0.4, -0.2) is 26.4 Å². The molecule has 2 N–H and O–H groups in total. The fourth-order valence-electron chi connectivity index (χ4n) is 2.80. The van der Waals surface area contributed by atoms with Crippen LogP contribution in [0.3, 0.4) is 0 Å². The number of methoxy groups -OCH3 is 3. The van der Waals surface area contributed by atoms with Crippen LogP contribution in [0, 0.1) is 0 Å². The van der Waals surface area contributed by atoms with E-state index in [1.54, 1.807) is 21.3 Å². The lowest BCUT2D eigenvalue weighted by Gasteiger charge is -2.27. The van der Waals surface area contributed by atoms with E-state index in [1.165, 1.54) is 0 Å². The molecule has 0 spiro atoms. The average molecular weight is 356 g/mol. The molecule has 2 aromatic rings. The van der Waals surface area contributed by atoms with E-state index in [-0.39, 0.29) is 6.04 Å². The molecule has 2 aromatic carbocycles. The van der Waals surface area contributed by atoms with Gasteiger partial charge in [-0.1, -0.05) is 30.3 Å². The minimum absolute atomic E-state index is 0.113. The van der Waals surface area contributed by atoms with Crippen molar-refractivity contribution in [2.45, 2.75) is 6.04 Å². The van der Waals surface area contributed by atoms with E-state index in [0.29, 0.717) is 22.4 Å². The van der Waals surface area contributed by atoms with E-state index in [4.69, 9.17) is 26.4 Å². The van der Waals surface area contributed by atoms with Gasteiger partial charge in [-0.25, -0.2) is 0 Å². The van der Waals surface area contributed by atoms with Gasteiger partial charge in [0.15, 0.2) is 16.6 Å². The van der Waals surface area contributed by atoms with Crippen LogP contribution in [0.5, 0.6) is 17.2 Å². The van der Waals surface area contributed by atoms with Crippen LogP contribution in [0.1, 0.15) is 17.2 Å². The van der Waals surface area contributed by atoms with Crippen LogP contribution in [0.15, 0.2) is 48.5 Å². The van der Waals surface area contributed by atoms with Gasteiger partial charge in [-0.05, 0) is 41.6 Å². The lowest BCUT2D eigenvalue weighted by atomic mass is 10.0. The molecule has 1 heterocycles. The number of benzene rings is 2. The number of hydrogen-bond acceptors (Lipinski definition) is 4. The molecule has 0 bridgehead atoms. The normalized spacial score (nSPS) is 16.4. The average Bonchev–Trinajstić information content (AvgIpc) is 2.66. The number of rotatable bonds is 5. The van der Waals surface area contributed by atoms with Crippen molar-refractivity contribution in [3.63, 3.8) is 0 Å². The molecule has 0 amide bonds. The van der Waals surface area contributed by atoms with E-state index in [1.807, 2.05) is 42.5 Å². The maximum Gasteiger partial charge on any atom is 0.203 e. The number of nitrogens with one attached hydrogen (secondary N) is 2. The van der Waals surface area contributed by atoms with Gasteiger partial charge >= 0.3 is 0 Å². The first-order valence-corrected chi connectivity index (χ1v) is 8.21. The molecule has 0 radical (unpaired) electrons. The third-order valence-electron chi connectivity index (χ3n) is 4.00. The van der Waals surface area contributed by atoms with Gasteiger partial charge in [0.1, 0.15) is 0 Å². The Kier molecular flexibility index (Phi) is 5.09. The van der Waals surface area contributed by atoms with E-state index in [0.717, 1.165) is 16.8 Å². The third-order valence-corrected chi connectivity index (χ3v) is 4.22. The van der Waals surface area contributed by atoms with Gasteiger partial charge in [-0.15, -0.1) is 0 Å². The summed E-state index contributed by atoms with van der Waals surface area (Å²) in [6, 6.07) is 13.8. The summed E-state index contributed by atoms with van der Waals surface area (Å²) in [6.45, 7) is 0. The van der Waals surface area contributed by atoms with Crippen LogP contribution < -0.4 is 24.8 Å². The molecule has 1 atom stereocenters. The maximum absolute atomic E-state index is 5.45. The minimum Gasteiger partial charge on any atom is -0.493 e. The summed E-state index contributed by atoms with van der Waals surface area (Å²) in [7, 11) is 4.80. The van der Waals surface area contributed by atoms with Crippen LogP contribution >= 0.6 is 12.2 Å². The number of thiocarbonyl (C=S) groups is 1. The van der Waals surface area contributed by atoms with Crippen molar-refractivity contribution in [2.75, 3.05) is 21.3 Å². The quantitative estimate of drug-likeness (QED) is 0.802. The van der Waals surface area contributed by atoms with Gasteiger partial charge in [0.25, 0.3) is 0 Å². The van der Waals surface area contributed by atoms with Crippen LogP contribution in [0.2, 0.25) is 0 Å². The fraction of sp³-hybridized carbons (Fsp3) is 0.211. The second-order valence-corrected chi connectivity index (χ2v) is 5.89. The van der Waals surface area contributed by atoms with Gasteiger partial charge in [0.2, 0.25) is 5.75 Å². The summed E-state index contributed by atoms with van der Waals surface area (Å²) in [5.41, 5.74) is 3.00. The Balaban J connectivity index is 2.04. The van der Waals surface area contributed by atoms with E-state index in [9.17, 15) is 0 Å². The second kappa shape index (κ2) is 7.44. The van der Waals surface area contributed by atoms with Crippen molar-refractivity contribution >= 4 is 23.0 Å². The summed E-state index contributed by atoms with van der Waals surface area (Å²) >= 11 is 5.38. The molecule has 0 saturated carbocycles. The van der Waals surface area contributed by atoms with Gasteiger partial charge in [-0.2, -0.15) is 0 Å². The molecule has 0 fully saturated rings. The number of ether oxygens (including phenoxy) is 3. The molecule has 25 heavy (non-hydrogen) atoms. The summed E-state index contributed by atoms with van der Waals surface area (Å²) in [5.74, 6) is 1.79. The Labute approximate surface area is 152 Å². The van der Waals surface area contributed by atoms with Crippen molar-refractivity contribution < 1.29 is 14.2 Å².